The highest BCUT2D eigenvalue weighted by Gasteiger charge is 2.37. The Morgan fingerprint density at radius 2 is 2.10 bits per heavy atom. The van der Waals surface area contributed by atoms with Gasteiger partial charge in [0.15, 0.2) is 0 Å². The average Bonchev–Trinajstić information content (AvgIpc) is 3.25. The summed E-state index contributed by atoms with van der Waals surface area (Å²) >= 11 is 0.845. The fourth-order valence-corrected chi connectivity index (χ4v) is 4.46. The quantitative estimate of drug-likeness (QED) is 0.742. The topological polar surface area (TPSA) is 83.6 Å². The SMILES string of the molecule is CNC(=O)c1csc2c(C(F)(F)F)cc(N3CCC(OC(=O)NCC4CC4)C3)nc12. The Balaban J connectivity index is 1.56. The van der Waals surface area contributed by atoms with Crippen LogP contribution in [0.2, 0.25) is 0 Å². The van der Waals surface area contributed by atoms with E-state index in [0.717, 1.165) is 30.2 Å². The Bertz CT molecular complexity index is 974. The van der Waals surface area contributed by atoms with Crippen LogP contribution < -0.4 is 15.5 Å². The minimum atomic E-state index is -4.58. The number of ether oxygens (including phenoxy) is 1. The molecule has 1 saturated heterocycles. The standard InChI is InChI=1S/C19H21F3N4O3S/c1-23-17(27)12-9-30-16-13(19(20,21)22)6-14(25-15(12)16)26-5-4-11(8-26)29-18(28)24-7-10-2-3-10/h6,9-11H,2-5,7-8H2,1H3,(H,23,27)(H,24,28). The summed E-state index contributed by atoms with van der Waals surface area (Å²) in [7, 11) is 1.41. The molecule has 0 radical (unpaired) electrons. The molecular formula is C19H21F3N4O3S. The number of carbonyl (C=O) groups is 2. The van der Waals surface area contributed by atoms with Crippen molar-refractivity contribution < 1.29 is 27.5 Å². The smallest absolute Gasteiger partial charge is 0.417 e. The van der Waals surface area contributed by atoms with Crippen molar-refractivity contribution in [2.45, 2.75) is 31.5 Å². The van der Waals surface area contributed by atoms with Crippen LogP contribution in [0.4, 0.5) is 23.8 Å². The highest BCUT2D eigenvalue weighted by atomic mass is 32.1. The second kappa shape index (κ2) is 7.93. The van der Waals surface area contributed by atoms with E-state index in [1.54, 1.807) is 4.90 Å². The van der Waals surface area contributed by atoms with Crippen molar-refractivity contribution in [3.05, 3.63) is 22.6 Å². The van der Waals surface area contributed by atoms with E-state index in [9.17, 15) is 22.8 Å². The molecule has 0 bridgehead atoms. The van der Waals surface area contributed by atoms with Crippen molar-refractivity contribution in [2.75, 3.05) is 31.6 Å². The van der Waals surface area contributed by atoms with Gasteiger partial charge < -0.3 is 20.3 Å². The Hall–Kier alpha value is -2.56. The van der Waals surface area contributed by atoms with Crippen LogP contribution in [0, 0.1) is 5.92 Å². The molecule has 2 fully saturated rings. The molecule has 30 heavy (non-hydrogen) atoms. The first-order chi connectivity index (χ1) is 14.3. The van der Waals surface area contributed by atoms with Crippen LogP contribution in [0.1, 0.15) is 35.2 Å². The molecule has 0 aromatic carbocycles. The summed E-state index contributed by atoms with van der Waals surface area (Å²) in [6.07, 6.45) is -2.82. The number of fused-ring (bicyclic) bond motifs is 1. The second-order valence-corrected chi connectivity index (χ2v) is 8.40. The molecule has 1 unspecified atom stereocenters. The molecular weight excluding hydrogens is 421 g/mol. The van der Waals surface area contributed by atoms with Crippen LogP contribution in [0.25, 0.3) is 10.2 Å². The van der Waals surface area contributed by atoms with Gasteiger partial charge in [0.05, 0.1) is 27.9 Å². The number of nitrogens with one attached hydrogen (secondary N) is 2. The number of thiophene rings is 1. The summed E-state index contributed by atoms with van der Waals surface area (Å²) in [5, 5.41) is 6.53. The van der Waals surface area contributed by atoms with E-state index in [4.69, 9.17) is 4.74 Å². The number of aromatic nitrogens is 1. The minimum absolute atomic E-state index is 0.0238. The summed E-state index contributed by atoms with van der Waals surface area (Å²) in [6, 6.07) is 1.00. The molecule has 1 atom stereocenters. The molecule has 4 rings (SSSR count). The molecule has 2 aliphatic rings. The van der Waals surface area contributed by atoms with Gasteiger partial charge in [0.2, 0.25) is 0 Å². The summed E-state index contributed by atoms with van der Waals surface area (Å²) in [4.78, 5) is 30.0. The number of hydrogen-bond acceptors (Lipinski definition) is 6. The average molecular weight is 442 g/mol. The molecule has 1 aliphatic heterocycles. The highest BCUT2D eigenvalue weighted by molar-refractivity contribution is 7.17. The maximum atomic E-state index is 13.7. The third-order valence-electron chi connectivity index (χ3n) is 5.26. The monoisotopic (exact) mass is 442 g/mol. The van der Waals surface area contributed by atoms with Gasteiger partial charge in [-0.2, -0.15) is 13.2 Å². The molecule has 2 aromatic heterocycles. The fraction of sp³-hybridized carbons (Fsp3) is 0.526. The van der Waals surface area contributed by atoms with E-state index < -0.39 is 29.8 Å². The number of rotatable bonds is 5. The lowest BCUT2D eigenvalue weighted by atomic mass is 10.1. The van der Waals surface area contributed by atoms with Gasteiger partial charge in [0, 0.05) is 31.9 Å². The van der Waals surface area contributed by atoms with Crippen molar-refractivity contribution in [3.8, 4) is 0 Å². The lowest BCUT2D eigenvalue weighted by Gasteiger charge is -2.20. The van der Waals surface area contributed by atoms with Crippen LogP contribution in [-0.4, -0.2) is 49.8 Å². The normalized spacial score (nSPS) is 19.2. The molecule has 2 aromatic rings. The van der Waals surface area contributed by atoms with Crippen molar-refractivity contribution in [2.24, 2.45) is 5.92 Å². The molecule has 7 nitrogen and oxygen atoms in total. The molecule has 2 amide bonds. The van der Waals surface area contributed by atoms with E-state index in [0.29, 0.717) is 25.4 Å². The van der Waals surface area contributed by atoms with Gasteiger partial charge in [-0.1, -0.05) is 0 Å². The van der Waals surface area contributed by atoms with Crippen molar-refractivity contribution in [3.63, 3.8) is 0 Å². The summed E-state index contributed by atoms with van der Waals surface area (Å²) in [6.45, 7) is 1.23. The molecule has 0 spiro atoms. The third-order valence-corrected chi connectivity index (χ3v) is 6.26. The van der Waals surface area contributed by atoms with E-state index in [-0.39, 0.29) is 28.1 Å². The summed E-state index contributed by atoms with van der Waals surface area (Å²) < 4.78 is 46.3. The molecule has 1 saturated carbocycles. The number of amides is 2. The molecule has 3 heterocycles. The molecule has 1 aliphatic carbocycles. The molecule has 162 valence electrons. The van der Waals surface area contributed by atoms with Gasteiger partial charge in [-0.25, -0.2) is 9.78 Å². The predicted octanol–water partition coefficient (Wildman–Crippen LogP) is 3.39. The van der Waals surface area contributed by atoms with Crippen molar-refractivity contribution in [1.29, 1.82) is 0 Å². The first kappa shape index (κ1) is 20.7. The van der Waals surface area contributed by atoms with E-state index in [1.165, 1.54) is 12.4 Å². The Labute approximate surface area is 174 Å². The zero-order chi connectivity index (χ0) is 21.5. The number of carbonyl (C=O) groups excluding carboxylic acids is 2. The van der Waals surface area contributed by atoms with Crippen LogP contribution in [0.5, 0.6) is 0 Å². The fourth-order valence-electron chi connectivity index (χ4n) is 3.44. The largest absolute Gasteiger partial charge is 0.444 e. The first-order valence-electron chi connectivity index (χ1n) is 9.67. The van der Waals surface area contributed by atoms with Crippen LogP contribution in [-0.2, 0) is 10.9 Å². The maximum Gasteiger partial charge on any atom is 0.417 e. The third kappa shape index (κ3) is 4.30. The van der Waals surface area contributed by atoms with Gasteiger partial charge in [-0.3, -0.25) is 4.79 Å². The highest BCUT2D eigenvalue weighted by Crippen LogP contribution is 2.40. The van der Waals surface area contributed by atoms with Gasteiger partial charge in [-0.05, 0) is 24.8 Å². The lowest BCUT2D eigenvalue weighted by molar-refractivity contribution is -0.136. The minimum Gasteiger partial charge on any atom is -0.444 e. The second-order valence-electron chi connectivity index (χ2n) is 7.52. The Morgan fingerprint density at radius 1 is 1.33 bits per heavy atom. The zero-order valence-corrected chi connectivity index (χ0v) is 17.0. The van der Waals surface area contributed by atoms with Gasteiger partial charge >= 0.3 is 12.3 Å². The number of nitrogens with zero attached hydrogens (tertiary/aromatic N) is 2. The maximum absolute atomic E-state index is 13.7. The Morgan fingerprint density at radius 3 is 2.77 bits per heavy atom. The first-order valence-corrected chi connectivity index (χ1v) is 10.5. The van der Waals surface area contributed by atoms with Gasteiger partial charge in [-0.15, -0.1) is 11.3 Å². The summed E-state index contributed by atoms with van der Waals surface area (Å²) in [5.74, 6) is 0.145. The molecule has 11 heteroatoms. The van der Waals surface area contributed by atoms with Crippen molar-refractivity contribution in [1.82, 2.24) is 15.6 Å². The van der Waals surface area contributed by atoms with Crippen LogP contribution in [0.3, 0.4) is 0 Å². The van der Waals surface area contributed by atoms with Crippen LogP contribution >= 0.6 is 11.3 Å². The number of hydrogen-bond donors (Lipinski definition) is 2. The zero-order valence-electron chi connectivity index (χ0n) is 16.2. The number of halogens is 3. The van der Waals surface area contributed by atoms with Crippen LogP contribution in [0.15, 0.2) is 11.4 Å². The summed E-state index contributed by atoms with van der Waals surface area (Å²) in [5.41, 5.74) is -0.693. The Kier molecular flexibility index (Phi) is 5.48. The van der Waals surface area contributed by atoms with Crippen molar-refractivity contribution >= 4 is 39.4 Å². The van der Waals surface area contributed by atoms with E-state index in [1.807, 2.05) is 0 Å². The van der Waals surface area contributed by atoms with E-state index >= 15 is 0 Å². The number of alkyl carbamates (subject to hydrolysis) is 1. The van der Waals surface area contributed by atoms with E-state index in [2.05, 4.69) is 15.6 Å². The number of alkyl halides is 3. The lowest BCUT2D eigenvalue weighted by Crippen LogP contribution is -2.32. The number of anilines is 1. The number of pyridine rings is 1. The molecule has 2 N–H and O–H groups in total. The van der Waals surface area contributed by atoms with Gasteiger partial charge in [0.1, 0.15) is 11.9 Å². The predicted molar refractivity (Wildman–Crippen MR) is 106 cm³/mol. The van der Waals surface area contributed by atoms with Gasteiger partial charge in [0.25, 0.3) is 5.91 Å².